The number of benzene rings is 3. The first kappa shape index (κ1) is 24.0. The maximum atomic E-state index is 13.2. The minimum atomic E-state index is -0.972. The number of carboxylic acid groups (broad SMARTS) is 1. The monoisotopic (exact) mass is 441 g/mol. The van der Waals surface area contributed by atoms with Crippen molar-refractivity contribution in [2.45, 2.75) is 33.1 Å². The summed E-state index contributed by atoms with van der Waals surface area (Å²) < 4.78 is 0. The molecule has 4 nitrogen and oxygen atoms in total. The van der Waals surface area contributed by atoms with Crippen LogP contribution in [0.5, 0.6) is 0 Å². The predicted molar refractivity (Wildman–Crippen MR) is 136 cm³/mol. The summed E-state index contributed by atoms with van der Waals surface area (Å²) >= 11 is 0. The van der Waals surface area contributed by atoms with Crippen LogP contribution in [-0.4, -0.2) is 31.0 Å². The van der Waals surface area contributed by atoms with E-state index in [0.717, 1.165) is 22.4 Å². The van der Waals surface area contributed by atoms with Gasteiger partial charge in [-0.1, -0.05) is 68.8 Å². The molecule has 170 valence electrons. The lowest BCUT2D eigenvalue weighted by Crippen LogP contribution is -2.21. The molecule has 3 rings (SSSR count). The standard InChI is InChI=1S/C29H31NO3/c1-19-7-12-21(13-8-19)24-17-23(18-25(30(5)6)27(24)29(2,3)4)26(31)16-11-20-9-14-22(15-10-20)28(32)33/h7-18H,1-6H3,(H,32,33). The highest BCUT2D eigenvalue weighted by Crippen LogP contribution is 2.40. The van der Waals surface area contributed by atoms with E-state index in [9.17, 15) is 9.59 Å². The number of hydrogen-bond donors (Lipinski definition) is 1. The van der Waals surface area contributed by atoms with E-state index in [-0.39, 0.29) is 16.8 Å². The third-order valence-electron chi connectivity index (χ3n) is 5.58. The Morgan fingerprint density at radius 2 is 1.48 bits per heavy atom. The molecule has 0 atom stereocenters. The number of ketones is 1. The first-order chi connectivity index (χ1) is 15.5. The first-order valence-corrected chi connectivity index (χ1v) is 11.0. The third kappa shape index (κ3) is 5.58. The molecule has 0 unspecified atom stereocenters. The molecule has 0 aliphatic carbocycles. The van der Waals surface area contributed by atoms with Crippen LogP contribution in [0.1, 0.15) is 58.2 Å². The van der Waals surface area contributed by atoms with Gasteiger partial charge in [-0.05, 0) is 64.9 Å². The van der Waals surface area contributed by atoms with Crippen molar-refractivity contribution in [3.05, 3.63) is 94.6 Å². The number of carboxylic acids is 1. The normalized spacial score (nSPS) is 11.6. The Kier molecular flexibility index (Phi) is 6.87. The maximum absolute atomic E-state index is 13.2. The van der Waals surface area contributed by atoms with Crippen LogP contribution in [0, 0.1) is 6.92 Å². The molecule has 0 bridgehead atoms. The van der Waals surface area contributed by atoms with E-state index in [1.807, 2.05) is 26.2 Å². The SMILES string of the molecule is Cc1ccc(-c2cc(C(=O)C=Cc3ccc(C(=O)O)cc3)cc(N(C)C)c2C(C)(C)C)cc1. The molecule has 0 radical (unpaired) electrons. The summed E-state index contributed by atoms with van der Waals surface area (Å²) in [5.41, 5.74) is 7.01. The summed E-state index contributed by atoms with van der Waals surface area (Å²) in [5.74, 6) is -1.07. The van der Waals surface area contributed by atoms with Crippen LogP contribution in [-0.2, 0) is 5.41 Å². The summed E-state index contributed by atoms with van der Waals surface area (Å²) in [6, 6.07) is 18.8. The molecule has 1 N–H and O–H groups in total. The highest BCUT2D eigenvalue weighted by atomic mass is 16.4. The molecule has 0 fully saturated rings. The van der Waals surface area contributed by atoms with Crippen molar-refractivity contribution >= 4 is 23.5 Å². The molecule has 33 heavy (non-hydrogen) atoms. The van der Waals surface area contributed by atoms with Crippen molar-refractivity contribution < 1.29 is 14.7 Å². The minimum absolute atomic E-state index is 0.103. The number of carbonyl (C=O) groups excluding carboxylic acids is 1. The lowest BCUT2D eigenvalue weighted by atomic mass is 9.79. The van der Waals surface area contributed by atoms with Gasteiger partial charge in [-0.25, -0.2) is 4.79 Å². The van der Waals surface area contributed by atoms with Gasteiger partial charge in [0.2, 0.25) is 0 Å². The van der Waals surface area contributed by atoms with Crippen molar-refractivity contribution in [2.75, 3.05) is 19.0 Å². The Morgan fingerprint density at radius 3 is 2.00 bits per heavy atom. The van der Waals surface area contributed by atoms with Gasteiger partial charge in [0.05, 0.1) is 5.56 Å². The lowest BCUT2D eigenvalue weighted by molar-refractivity contribution is 0.0696. The van der Waals surface area contributed by atoms with E-state index in [0.29, 0.717) is 5.56 Å². The van der Waals surface area contributed by atoms with Crippen molar-refractivity contribution in [3.63, 3.8) is 0 Å². The molecule has 4 heteroatoms. The zero-order valence-electron chi connectivity index (χ0n) is 20.1. The fraction of sp³-hybridized carbons (Fsp3) is 0.241. The number of nitrogens with zero attached hydrogens (tertiary/aromatic N) is 1. The molecule has 0 aliphatic rings. The molecule has 0 heterocycles. The van der Waals surface area contributed by atoms with E-state index in [2.05, 4.69) is 56.9 Å². The maximum Gasteiger partial charge on any atom is 0.335 e. The molecule has 3 aromatic carbocycles. The lowest BCUT2D eigenvalue weighted by Gasteiger charge is -2.30. The Hall–Kier alpha value is -3.66. The van der Waals surface area contributed by atoms with Gasteiger partial charge in [0.15, 0.2) is 5.78 Å². The number of anilines is 1. The largest absolute Gasteiger partial charge is 0.478 e. The number of hydrogen-bond acceptors (Lipinski definition) is 3. The Balaban J connectivity index is 2.08. The van der Waals surface area contributed by atoms with Gasteiger partial charge in [-0.3, -0.25) is 4.79 Å². The number of allylic oxidation sites excluding steroid dienone is 1. The number of aryl methyl sites for hydroxylation is 1. The van der Waals surface area contributed by atoms with Crippen molar-refractivity contribution in [3.8, 4) is 11.1 Å². The average Bonchev–Trinajstić information content (AvgIpc) is 2.76. The molecule has 0 amide bonds. The van der Waals surface area contributed by atoms with Gasteiger partial charge in [-0.2, -0.15) is 0 Å². The molecule has 0 aromatic heterocycles. The van der Waals surface area contributed by atoms with Crippen molar-refractivity contribution in [2.24, 2.45) is 0 Å². The molecule has 0 saturated carbocycles. The van der Waals surface area contributed by atoms with Gasteiger partial charge < -0.3 is 10.0 Å². The van der Waals surface area contributed by atoms with E-state index in [1.54, 1.807) is 24.3 Å². The quantitative estimate of drug-likeness (QED) is 0.345. The Labute approximate surface area is 196 Å². The number of aromatic carboxylic acids is 1. The van der Waals surface area contributed by atoms with E-state index in [4.69, 9.17) is 5.11 Å². The highest BCUT2D eigenvalue weighted by Gasteiger charge is 2.25. The van der Waals surface area contributed by atoms with E-state index < -0.39 is 5.97 Å². The van der Waals surface area contributed by atoms with Crippen LogP contribution >= 0.6 is 0 Å². The van der Waals surface area contributed by atoms with Gasteiger partial charge in [0, 0.05) is 25.3 Å². The molecule has 0 saturated heterocycles. The molecule has 3 aromatic rings. The summed E-state index contributed by atoms with van der Waals surface area (Å²) in [5, 5.41) is 9.05. The van der Waals surface area contributed by atoms with Gasteiger partial charge in [-0.15, -0.1) is 0 Å². The van der Waals surface area contributed by atoms with Crippen LogP contribution in [0.2, 0.25) is 0 Å². The van der Waals surface area contributed by atoms with Crippen molar-refractivity contribution in [1.29, 1.82) is 0 Å². The molecule has 0 aliphatic heterocycles. The first-order valence-electron chi connectivity index (χ1n) is 11.0. The number of carbonyl (C=O) groups is 2. The minimum Gasteiger partial charge on any atom is -0.478 e. The van der Waals surface area contributed by atoms with Crippen molar-refractivity contribution in [1.82, 2.24) is 0 Å². The highest BCUT2D eigenvalue weighted by molar-refractivity contribution is 6.08. The summed E-state index contributed by atoms with van der Waals surface area (Å²) in [4.78, 5) is 26.3. The third-order valence-corrected chi connectivity index (χ3v) is 5.58. The predicted octanol–water partition coefficient (Wildman–Crippen LogP) is 6.62. The zero-order valence-corrected chi connectivity index (χ0v) is 20.1. The van der Waals surface area contributed by atoms with Crippen LogP contribution in [0.15, 0.2) is 66.7 Å². The van der Waals surface area contributed by atoms with Crippen LogP contribution in [0.25, 0.3) is 17.2 Å². The Morgan fingerprint density at radius 1 is 0.879 bits per heavy atom. The van der Waals surface area contributed by atoms with Gasteiger partial charge in [0.1, 0.15) is 0 Å². The fourth-order valence-corrected chi connectivity index (χ4v) is 3.88. The Bertz CT molecular complexity index is 1200. The zero-order chi connectivity index (χ0) is 24.3. The van der Waals surface area contributed by atoms with Gasteiger partial charge in [0.25, 0.3) is 0 Å². The van der Waals surface area contributed by atoms with Crippen LogP contribution in [0.4, 0.5) is 5.69 Å². The topological polar surface area (TPSA) is 57.6 Å². The van der Waals surface area contributed by atoms with E-state index in [1.165, 1.54) is 23.3 Å². The summed E-state index contributed by atoms with van der Waals surface area (Å²) in [6.45, 7) is 8.63. The van der Waals surface area contributed by atoms with Gasteiger partial charge >= 0.3 is 5.97 Å². The number of rotatable bonds is 6. The fourth-order valence-electron chi connectivity index (χ4n) is 3.88. The second kappa shape index (κ2) is 9.45. The summed E-state index contributed by atoms with van der Waals surface area (Å²) in [7, 11) is 4.00. The van der Waals surface area contributed by atoms with E-state index >= 15 is 0 Å². The molecular weight excluding hydrogens is 410 g/mol. The smallest absolute Gasteiger partial charge is 0.335 e. The van der Waals surface area contributed by atoms with Crippen LogP contribution in [0.3, 0.4) is 0 Å². The van der Waals surface area contributed by atoms with Crippen LogP contribution < -0.4 is 4.90 Å². The summed E-state index contributed by atoms with van der Waals surface area (Å²) in [6.07, 6.45) is 3.26. The average molecular weight is 442 g/mol. The molecular formula is C29H31NO3. The molecule has 0 spiro atoms. The second-order valence-corrected chi connectivity index (χ2v) is 9.55. The second-order valence-electron chi connectivity index (χ2n) is 9.55.